The minimum atomic E-state index is -3.46. The molecule has 0 radical (unpaired) electrons. The van der Waals surface area contributed by atoms with Crippen LogP contribution in [0.3, 0.4) is 0 Å². The highest BCUT2D eigenvalue weighted by molar-refractivity contribution is 9.10. The molecule has 0 aliphatic heterocycles. The first kappa shape index (κ1) is 13.4. The first-order chi connectivity index (χ1) is 7.38. The Morgan fingerprint density at radius 2 is 2.12 bits per heavy atom. The van der Waals surface area contributed by atoms with Gasteiger partial charge in [-0.1, -0.05) is 0 Å². The zero-order chi connectivity index (χ0) is 12.2. The number of sulfonamides is 1. The first-order valence-corrected chi connectivity index (χ1v) is 6.97. The molecule has 0 unspecified atom stereocenters. The van der Waals surface area contributed by atoms with Gasteiger partial charge in [0.15, 0.2) is 0 Å². The Hall–Kier alpha value is -0.660. The van der Waals surface area contributed by atoms with Crippen LogP contribution in [0.5, 0.6) is 5.75 Å². The number of rotatable bonds is 5. The van der Waals surface area contributed by atoms with Crippen molar-refractivity contribution < 1.29 is 17.5 Å². The second kappa shape index (κ2) is 5.60. The van der Waals surface area contributed by atoms with Crippen molar-refractivity contribution in [3.8, 4) is 5.75 Å². The summed E-state index contributed by atoms with van der Waals surface area (Å²) in [5.41, 5.74) is 0. The maximum absolute atomic E-state index is 12.8. The average Bonchev–Trinajstić information content (AvgIpc) is 2.16. The highest BCUT2D eigenvalue weighted by Crippen LogP contribution is 2.25. The maximum atomic E-state index is 12.8. The van der Waals surface area contributed by atoms with Gasteiger partial charge < -0.3 is 4.74 Å². The molecule has 1 rings (SSSR count). The normalized spacial score (nSPS) is 11.4. The molecule has 0 bridgehead atoms. The van der Waals surface area contributed by atoms with Gasteiger partial charge in [-0.15, -0.1) is 0 Å². The number of ether oxygens (including phenoxy) is 1. The number of halogens is 2. The average molecular weight is 312 g/mol. The Morgan fingerprint density at radius 1 is 1.44 bits per heavy atom. The fourth-order valence-electron chi connectivity index (χ4n) is 1.03. The molecule has 16 heavy (non-hydrogen) atoms. The van der Waals surface area contributed by atoms with Crippen molar-refractivity contribution in [2.45, 2.75) is 6.42 Å². The summed E-state index contributed by atoms with van der Waals surface area (Å²) < 4.78 is 39.9. The molecule has 0 aliphatic rings. The number of hydrogen-bond donors (Lipinski definition) is 1. The zero-order valence-corrected chi connectivity index (χ0v) is 10.7. The molecule has 1 aromatic rings. The Bertz CT molecular complexity index is 464. The lowest BCUT2D eigenvalue weighted by molar-refractivity contribution is 0.314. The van der Waals surface area contributed by atoms with Gasteiger partial charge in [-0.05, 0) is 34.5 Å². The lowest BCUT2D eigenvalue weighted by Gasteiger charge is -2.07. The maximum Gasteiger partial charge on any atom is 0.209 e. The highest BCUT2D eigenvalue weighted by Gasteiger charge is 2.05. The quantitative estimate of drug-likeness (QED) is 0.841. The number of benzene rings is 1. The Balaban J connectivity index is 2.46. The minimum absolute atomic E-state index is 0.153. The van der Waals surface area contributed by atoms with Crippen molar-refractivity contribution >= 4 is 26.0 Å². The summed E-state index contributed by atoms with van der Waals surface area (Å²) in [5.74, 6) is -0.223. The third-order valence-corrected chi connectivity index (χ3v) is 3.24. The van der Waals surface area contributed by atoms with Crippen LogP contribution >= 0.6 is 15.9 Å². The van der Waals surface area contributed by atoms with Crippen LogP contribution in [0, 0.1) is 5.82 Å². The van der Waals surface area contributed by atoms with Gasteiger partial charge in [0.2, 0.25) is 10.0 Å². The molecular weight excluding hydrogens is 301 g/mol. The summed E-state index contributed by atoms with van der Waals surface area (Å²) in [6.45, 7) is 0.165. The molecule has 0 spiro atoms. The van der Waals surface area contributed by atoms with Gasteiger partial charge in [0.1, 0.15) is 11.6 Å². The van der Waals surface area contributed by atoms with E-state index in [0.29, 0.717) is 10.2 Å². The molecule has 0 atom stereocenters. The van der Waals surface area contributed by atoms with Crippen LogP contribution in [0.1, 0.15) is 6.42 Å². The van der Waals surface area contributed by atoms with E-state index in [1.165, 1.54) is 18.2 Å². The zero-order valence-electron chi connectivity index (χ0n) is 8.32. The molecule has 4 nitrogen and oxygen atoms in total. The fourth-order valence-corrected chi connectivity index (χ4v) is 1.91. The van der Waals surface area contributed by atoms with Crippen molar-refractivity contribution in [3.63, 3.8) is 0 Å². The van der Waals surface area contributed by atoms with Gasteiger partial charge in [0.05, 0.1) is 16.8 Å². The Labute approximate surface area is 102 Å². The van der Waals surface area contributed by atoms with E-state index in [9.17, 15) is 12.8 Å². The standard InChI is InChI=1S/C9H11BrFNO3S/c10-8-3-2-7(11)6-9(8)15-4-1-5-16(12,13)14/h2-3,6H,1,4-5H2,(H2,12,13,14). The first-order valence-electron chi connectivity index (χ1n) is 4.47. The molecule has 2 N–H and O–H groups in total. The molecule has 0 saturated heterocycles. The van der Waals surface area contributed by atoms with E-state index in [1.54, 1.807) is 0 Å². The largest absolute Gasteiger partial charge is 0.492 e. The number of hydrogen-bond acceptors (Lipinski definition) is 3. The van der Waals surface area contributed by atoms with Gasteiger partial charge in [-0.25, -0.2) is 17.9 Å². The summed E-state index contributed by atoms with van der Waals surface area (Å²) in [5, 5.41) is 4.82. The monoisotopic (exact) mass is 311 g/mol. The van der Waals surface area contributed by atoms with E-state index >= 15 is 0 Å². The molecule has 0 fully saturated rings. The van der Waals surface area contributed by atoms with E-state index in [-0.39, 0.29) is 18.8 Å². The fraction of sp³-hybridized carbons (Fsp3) is 0.333. The van der Waals surface area contributed by atoms with Crippen molar-refractivity contribution in [1.82, 2.24) is 0 Å². The van der Waals surface area contributed by atoms with Crippen molar-refractivity contribution in [3.05, 3.63) is 28.5 Å². The third kappa shape index (κ3) is 4.91. The smallest absolute Gasteiger partial charge is 0.209 e. The van der Waals surface area contributed by atoms with Crippen LogP contribution in [-0.4, -0.2) is 20.8 Å². The van der Waals surface area contributed by atoms with E-state index < -0.39 is 15.8 Å². The van der Waals surface area contributed by atoms with Crippen molar-refractivity contribution in [2.24, 2.45) is 5.14 Å². The van der Waals surface area contributed by atoms with Crippen LogP contribution in [0.2, 0.25) is 0 Å². The van der Waals surface area contributed by atoms with Crippen molar-refractivity contribution in [1.29, 1.82) is 0 Å². The van der Waals surface area contributed by atoms with Crippen LogP contribution in [0.15, 0.2) is 22.7 Å². The molecule has 0 amide bonds. The molecule has 0 aliphatic carbocycles. The Kier molecular flexibility index (Phi) is 4.69. The molecule has 0 saturated carbocycles. The molecule has 7 heteroatoms. The molecule has 1 aromatic carbocycles. The minimum Gasteiger partial charge on any atom is -0.492 e. The lowest BCUT2D eigenvalue weighted by Crippen LogP contribution is -2.18. The summed E-state index contributed by atoms with van der Waals surface area (Å²) in [7, 11) is -3.46. The van der Waals surface area contributed by atoms with Crippen molar-refractivity contribution in [2.75, 3.05) is 12.4 Å². The third-order valence-electron chi connectivity index (χ3n) is 1.72. The van der Waals surface area contributed by atoms with E-state index in [0.717, 1.165) is 0 Å². The van der Waals surface area contributed by atoms with Gasteiger partial charge in [0, 0.05) is 6.07 Å². The van der Waals surface area contributed by atoms with Gasteiger partial charge in [0.25, 0.3) is 0 Å². The SMILES string of the molecule is NS(=O)(=O)CCCOc1cc(F)ccc1Br. The second-order valence-electron chi connectivity index (χ2n) is 3.14. The topological polar surface area (TPSA) is 69.4 Å². The summed E-state index contributed by atoms with van der Waals surface area (Å²) in [6.07, 6.45) is 0.266. The predicted molar refractivity (Wildman–Crippen MR) is 62.2 cm³/mol. The number of nitrogens with two attached hydrogens (primary N) is 1. The van der Waals surface area contributed by atoms with Crippen LogP contribution < -0.4 is 9.88 Å². The molecule has 0 aromatic heterocycles. The summed E-state index contributed by atoms with van der Waals surface area (Å²) in [6, 6.07) is 4.03. The molecule has 90 valence electrons. The van der Waals surface area contributed by atoms with Crippen LogP contribution in [0.25, 0.3) is 0 Å². The number of primary sulfonamides is 1. The van der Waals surface area contributed by atoms with Gasteiger partial charge in [-0.2, -0.15) is 0 Å². The van der Waals surface area contributed by atoms with E-state index in [2.05, 4.69) is 15.9 Å². The predicted octanol–water partition coefficient (Wildman–Crippen LogP) is 1.65. The van der Waals surface area contributed by atoms with Gasteiger partial charge in [-0.3, -0.25) is 0 Å². The second-order valence-corrected chi connectivity index (χ2v) is 5.73. The molecule has 0 heterocycles. The van der Waals surface area contributed by atoms with Crippen LogP contribution in [-0.2, 0) is 10.0 Å². The summed E-state index contributed by atoms with van der Waals surface area (Å²) >= 11 is 3.19. The molecular formula is C9H11BrFNO3S. The summed E-state index contributed by atoms with van der Waals surface area (Å²) in [4.78, 5) is 0. The van der Waals surface area contributed by atoms with E-state index in [1.807, 2.05) is 0 Å². The highest BCUT2D eigenvalue weighted by atomic mass is 79.9. The van der Waals surface area contributed by atoms with Crippen LogP contribution in [0.4, 0.5) is 4.39 Å². The van der Waals surface area contributed by atoms with Gasteiger partial charge >= 0.3 is 0 Å². The lowest BCUT2D eigenvalue weighted by atomic mass is 10.3. The Morgan fingerprint density at radius 3 is 2.75 bits per heavy atom. The van der Waals surface area contributed by atoms with E-state index in [4.69, 9.17) is 9.88 Å².